The molecule has 146 valence electrons. The molecule has 1 aromatic carbocycles. The van der Waals surface area contributed by atoms with E-state index in [2.05, 4.69) is 26.4 Å². The molecule has 0 aliphatic heterocycles. The number of pyridine rings is 1. The van der Waals surface area contributed by atoms with Gasteiger partial charge in [-0.3, -0.25) is 14.2 Å². The molecule has 2 heterocycles. The molecule has 0 saturated carbocycles. The number of hydrogen-bond donors (Lipinski definition) is 1. The first-order chi connectivity index (χ1) is 13.3. The van der Waals surface area contributed by atoms with Crippen molar-refractivity contribution in [1.82, 2.24) is 15.0 Å². The van der Waals surface area contributed by atoms with Gasteiger partial charge in [0.1, 0.15) is 5.56 Å². The van der Waals surface area contributed by atoms with Gasteiger partial charge in [0.15, 0.2) is 0 Å². The molecule has 0 bridgehead atoms. The van der Waals surface area contributed by atoms with Gasteiger partial charge < -0.3 is 9.84 Å². The molecular formula is C20H20BrN3O3S. The predicted molar refractivity (Wildman–Crippen MR) is 113 cm³/mol. The third kappa shape index (κ3) is 3.93. The number of aromatic nitrogens is 2. The topological polar surface area (TPSA) is 77.1 Å². The van der Waals surface area contributed by atoms with Crippen LogP contribution in [-0.2, 0) is 6.54 Å². The van der Waals surface area contributed by atoms with Crippen molar-refractivity contribution in [1.29, 1.82) is 0 Å². The van der Waals surface area contributed by atoms with Crippen LogP contribution in [-0.4, -0.2) is 21.9 Å². The average Bonchev–Trinajstić information content (AvgIpc) is 3.03. The fraction of sp³-hybridized carbons (Fsp3) is 0.250. The van der Waals surface area contributed by atoms with Gasteiger partial charge in [0.05, 0.1) is 10.2 Å². The third-order valence-electron chi connectivity index (χ3n) is 4.59. The van der Waals surface area contributed by atoms with E-state index in [-0.39, 0.29) is 11.0 Å². The molecule has 0 atom stereocenters. The second-order valence-corrected chi connectivity index (χ2v) is 8.04. The quantitative estimate of drug-likeness (QED) is 0.577. The number of halogens is 1. The van der Waals surface area contributed by atoms with Crippen LogP contribution in [0, 0.1) is 20.8 Å². The largest absolute Gasteiger partial charge is 0.348 e. The van der Waals surface area contributed by atoms with Crippen LogP contribution in [0.2, 0.25) is 0 Å². The van der Waals surface area contributed by atoms with E-state index in [1.54, 1.807) is 23.3 Å². The van der Waals surface area contributed by atoms with Gasteiger partial charge in [0, 0.05) is 28.9 Å². The minimum absolute atomic E-state index is 0.0339. The van der Waals surface area contributed by atoms with Crippen molar-refractivity contribution in [2.75, 3.05) is 6.26 Å². The van der Waals surface area contributed by atoms with E-state index < -0.39 is 5.91 Å². The molecule has 0 aliphatic rings. The van der Waals surface area contributed by atoms with Crippen molar-refractivity contribution in [2.45, 2.75) is 32.2 Å². The Morgan fingerprint density at radius 3 is 2.50 bits per heavy atom. The van der Waals surface area contributed by atoms with Crippen LogP contribution in [0.4, 0.5) is 0 Å². The Kier molecular flexibility index (Phi) is 6.10. The molecule has 0 aliphatic carbocycles. The van der Waals surface area contributed by atoms with Crippen molar-refractivity contribution < 1.29 is 9.32 Å². The van der Waals surface area contributed by atoms with Crippen LogP contribution < -0.4 is 10.7 Å². The predicted octanol–water partition coefficient (Wildman–Crippen LogP) is 4.17. The Morgan fingerprint density at radius 1 is 1.25 bits per heavy atom. The van der Waals surface area contributed by atoms with E-state index in [0.29, 0.717) is 22.6 Å². The van der Waals surface area contributed by atoms with E-state index in [1.165, 1.54) is 6.20 Å². The maximum Gasteiger partial charge on any atom is 0.257 e. The Balaban J connectivity index is 1.91. The highest BCUT2D eigenvalue weighted by atomic mass is 79.9. The summed E-state index contributed by atoms with van der Waals surface area (Å²) in [5.74, 6) is 0.0414. The second kappa shape index (κ2) is 8.36. The molecule has 0 unspecified atom stereocenters. The van der Waals surface area contributed by atoms with E-state index in [0.717, 1.165) is 21.7 Å². The molecule has 0 saturated heterocycles. The zero-order chi connectivity index (χ0) is 20.4. The van der Waals surface area contributed by atoms with Gasteiger partial charge in [-0.15, -0.1) is 11.8 Å². The zero-order valence-corrected chi connectivity index (χ0v) is 18.4. The highest BCUT2D eigenvalue weighted by molar-refractivity contribution is 9.10. The standard InChI is InChI=1S/C20H20BrN3O3S/c1-11-12(2)23-27-20(11)24-10-16(18(25)17(21)13(24)3)19(26)22-9-14-5-7-15(28-4)8-6-14/h5-8,10H,9H2,1-4H3,(H,22,26). The Labute approximate surface area is 175 Å². The van der Waals surface area contributed by atoms with Crippen LogP contribution in [0.3, 0.4) is 0 Å². The highest BCUT2D eigenvalue weighted by Crippen LogP contribution is 2.22. The number of hydrogen-bond acceptors (Lipinski definition) is 5. The summed E-state index contributed by atoms with van der Waals surface area (Å²) >= 11 is 4.97. The summed E-state index contributed by atoms with van der Waals surface area (Å²) in [5, 5.41) is 6.77. The molecule has 3 aromatic rings. The summed E-state index contributed by atoms with van der Waals surface area (Å²) in [7, 11) is 0. The van der Waals surface area contributed by atoms with Gasteiger partial charge in [-0.05, 0) is 60.7 Å². The van der Waals surface area contributed by atoms with E-state index >= 15 is 0 Å². The van der Waals surface area contributed by atoms with Crippen LogP contribution in [0.25, 0.3) is 5.88 Å². The first kappa shape index (κ1) is 20.4. The monoisotopic (exact) mass is 461 g/mol. The molecule has 6 nitrogen and oxygen atoms in total. The molecule has 2 aromatic heterocycles. The molecule has 0 spiro atoms. The summed E-state index contributed by atoms with van der Waals surface area (Å²) in [4.78, 5) is 26.5. The van der Waals surface area contributed by atoms with Gasteiger partial charge in [-0.25, -0.2) is 0 Å². The first-order valence-corrected chi connectivity index (χ1v) is 10.6. The minimum Gasteiger partial charge on any atom is -0.348 e. The average molecular weight is 462 g/mol. The van der Waals surface area contributed by atoms with E-state index in [4.69, 9.17) is 4.52 Å². The minimum atomic E-state index is -0.442. The normalized spacial score (nSPS) is 10.9. The smallest absolute Gasteiger partial charge is 0.257 e. The van der Waals surface area contributed by atoms with Crippen LogP contribution in [0.15, 0.2) is 49.1 Å². The van der Waals surface area contributed by atoms with Crippen molar-refractivity contribution >= 4 is 33.6 Å². The Morgan fingerprint density at radius 2 is 1.93 bits per heavy atom. The van der Waals surface area contributed by atoms with Crippen molar-refractivity contribution in [3.8, 4) is 5.88 Å². The number of rotatable bonds is 5. The molecule has 0 radical (unpaired) electrons. The second-order valence-electron chi connectivity index (χ2n) is 6.37. The van der Waals surface area contributed by atoms with Gasteiger partial charge in [-0.2, -0.15) is 0 Å². The molecular weight excluding hydrogens is 442 g/mol. The summed E-state index contributed by atoms with van der Waals surface area (Å²) in [6.07, 6.45) is 3.51. The number of aryl methyl sites for hydroxylation is 1. The summed E-state index contributed by atoms with van der Waals surface area (Å²) in [6.45, 7) is 5.83. The molecule has 28 heavy (non-hydrogen) atoms. The SMILES string of the molecule is CSc1ccc(CNC(=O)c2cn(-c3onc(C)c3C)c(C)c(Br)c2=O)cc1. The Hall–Kier alpha value is -2.32. The van der Waals surface area contributed by atoms with Crippen LogP contribution in [0.5, 0.6) is 0 Å². The fourth-order valence-corrected chi connectivity index (χ4v) is 3.51. The number of thioether (sulfide) groups is 1. The molecule has 1 N–H and O–H groups in total. The molecule has 8 heteroatoms. The number of benzene rings is 1. The van der Waals surface area contributed by atoms with Gasteiger partial charge >= 0.3 is 0 Å². The number of nitrogens with one attached hydrogen (secondary N) is 1. The first-order valence-electron chi connectivity index (χ1n) is 8.59. The molecule has 1 amide bonds. The summed E-state index contributed by atoms with van der Waals surface area (Å²) in [5.41, 5.74) is 2.86. The number of amides is 1. The zero-order valence-electron chi connectivity index (χ0n) is 16.0. The lowest BCUT2D eigenvalue weighted by Gasteiger charge is -2.13. The third-order valence-corrected chi connectivity index (χ3v) is 6.27. The fourth-order valence-electron chi connectivity index (χ4n) is 2.69. The van der Waals surface area contributed by atoms with Gasteiger partial charge in [0.25, 0.3) is 5.91 Å². The lowest BCUT2D eigenvalue weighted by atomic mass is 10.2. The number of carbonyl (C=O) groups excluding carboxylic acids is 1. The number of nitrogens with zero attached hydrogens (tertiary/aromatic N) is 2. The van der Waals surface area contributed by atoms with Crippen LogP contribution in [0.1, 0.15) is 32.9 Å². The highest BCUT2D eigenvalue weighted by Gasteiger charge is 2.20. The maximum atomic E-state index is 12.7. The molecule has 0 fully saturated rings. The lowest BCUT2D eigenvalue weighted by molar-refractivity contribution is 0.0949. The van der Waals surface area contributed by atoms with Crippen molar-refractivity contribution in [3.63, 3.8) is 0 Å². The maximum absolute atomic E-state index is 12.7. The summed E-state index contributed by atoms with van der Waals surface area (Å²) < 4.78 is 7.39. The van der Waals surface area contributed by atoms with Gasteiger partial charge in [-0.1, -0.05) is 17.3 Å². The Bertz CT molecular complexity index is 1090. The van der Waals surface area contributed by atoms with E-state index in [1.807, 2.05) is 44.4 Å². The summed E-state index contributed by atoms with van der Waals surface area (Å²) in [6, 6.07) is 7.90. The number of carbonyl (C=O) groups is 1. The van der Waals surface area contributed by atoms with E-state index in [9.17, 15) is 9.59 Å². The molecule has 3 rings (SSSR count). The van der Waals surface area contributed by atoms with Crippen LogP contribution >= 0.6 is 27.7 Å². The van der Waals surface area contributed by atoms with Crippen molar-refractivity contribution in [2.24, 2.45) is 0 Å². The van der Waals surface area contributed by atoms with Crippen molar-refractivity contribution in [3.05, 3.63) is 73.2 Å². The van der Waals surface area contributed by atoms with Gasteiger partial charge in [0.2, 0.25) is 11.3 Å². The lowest BCUT2D eigenvalue weighted by Crippen LogP contribution is -2.30.